The molecule has 1 atom stereocenters. The number of rotatable bonds is 5. The van der Waals surface area contributed by atoms with Crippen molar-refractivity contribution in [2.75, 3.05) is 11.9 Å². The van der Waals surface area contributed by atoms with E-state index in [2.05, 4.69) is 27.4 Å². The van der Waals surface area contributed by atoms with Gasteiger partial charge in [-0.1, -0.05) is 24.3 Å². The standard InChI is InChI=1S/C22H21N3O2/c26-22(25-18-8-9-20-21(15-18)24-12-11-23-20)10-7-16-3-5-17(6-4-16)14-19-2-1-13-27-19/h3-12,15,19H,1-2,13-14H2,(H,25,26). The molecular weight excluding hydrogens is 338 g/mol. The van der Waals surface area contributed by atoms with Crippen LogP contribution in [-0.2, 0) is 16.0 Å². The number of ether oxygens (including phenoxy) is 1. The summed E-state index contributed by atoms with van der Waals surface area (Å²) in [6, 6.07) is 13.7. The Morgan fingerprint density at radius 1 is 1.11 bits per heavy atom. The van der Waals surface area contributed by atoms with E-state index >= 15 is 0 Å². The van der Waals surface area contributed by atoms with Gasteiger partial charge in [0.15, 0.2) is 0 Å². The van der Waals surface area contributed by atoms with Gasteiger partial charge in [0.05, 0.1) is 17.1 Å². The van der Waals surface area contributed by atoms with Crippen molar-refractivity contribution < 1.29 is 9.53 Å². The van der Waals surface area contributed by atoms with Gasteiger partial charge in [0.25, 0.3) is 0 Å². The molecule has 1 unspecified atom stereocenters. The first kappa shape index (κ1) is 17.4. The van der Waals surface area contributed by atoms with E-state index in [0.29, 0.717) is 11.8 Å². The van der Waals surface area contributed by atoms with Crippen molar-refractivity contribution in [3.8, 4) is 0 Å². The maximum Gasteiger partial charge on any atom is 0.248 e. The summed E-state index contributed by atoms with van der Waals surface area (Å²) in [4.78, 5) is 20.6. The first-order valence-corrected chi connectivity index (χ1v) is 9.17. The Bertz CT molecular complexity index is 961. The molecule has 5 nitrogen and oxygen atoms in total. The largest absolute Gasteiger partial charge is 0.378 e. The molecule has 0 aliphatic carbocycles. The van der Waals surface area contributed by atoms with Gasteiger partial charge < -0.3 is 10.1 Å². The molecule has 1 saturated heterocycles. The number of hydrogen-bond acceptors (Lipinski definition) is 4. The zero-order chi connectivity index (χ0) is 18.5. The zero-order valence-electron chi connectivity index (χ0n) is 15.0. The van der Waals surface area contributed by atoms with Crippen LogP contribution in [0.4, 0.5) is 5.69 Å². The van der Waals surface area contributed by atoms with Crippen molar-refractivity contribution in [2.24, 2.45) is 0 Å². The van der Waals surface area contributed by atoms with Gasteiger partial charge in [-0.2, -0.15) is 0 Å². The Hall–Kier alpha value is -3.05. The lowest BCUT2D eigenvalue weighted by atomic mass is 10.0. The molecule has 27 heavy (non-hydrogen) atoms. The second-order valence-corrected chi connectivity index (χ2v) is 6.66. The van der Waals surface area contributed by atoms with Crippen molar-refractivity contribution in [1.29, 1.82) is 0 Å². The number of aromatic nitrogens is 2. The molecule has 1 aliphatic rings. The maximum absolute atomic E-state index is 12.2. The van der Waals surface area contributed by atoms with Crippen LogP contribution in [-0.4, -0.2) is 28.6 Å². The number of hydrogen-bond donors (Lipinski definition) is 1. The number of fused-ring (bicyclic) bond motifs is 1. The highest BCUT2D eigenvalue weighted by Crippen LogP contribution is 2.18. The van der Waals surface area contributed by atoms with Gasteiger partial charge in [-0.05, 0) is 54.7 Å². The number of anilines is 1. The number of carbonyl (C=O) groups excluding carboxylic acids is 1. The minimum Gasteiger partial charge on any atom is -0.378 e. The van der Waals surface area contributed by atoms with Gasteiger partial charge in [-0.25, -0.2) is 0 Å². The summed E-state index contributed by atoms with van der Waals surface area (Å²) in [5, 5.41) is 2.85. The molecule has 1 aromatic heterocycles. The van der Waals surface area contributed by atoms with Gasteiger partial charge in [0.1, 0.15) is 0 Å². The summed E-state index contributed by atoms with van der Waals surface area (Å²) in [6.45, 7) is 0.879. The predicted molar refractivity (Wildman–Crippen MR) is 106 cm³/mol. The van der Waals surface area contributed by atoms with Crippen LogP contribution in [0.1, 0.15) is 24.0 Å². The lowest BCUT2D eigenvalue weighted by Crippen LogP contribution is -2.08. The van der Waals surface area contributed by atoms with Gasteiger partial charge in [-0.3, -0.25) is 14.8 Å². The minimum atomic E-state index is -0.179. The fourth-order valence-corrected chi connectivity index (χ4v) is 3.23. The number of nitrogens with zero attached hydrogens (tertiary/aromatic N) is 2. The van der Waals surface area contributed by atoms with Crippen molar-refractivity contribution in [2.45, 2.75) is 25.4 Å². The lowest BCUT2D eigenvalue weighted by Gasteiger charge is -2.09. The number of carbonyl (C=O) groups is 1. The predicted octanol–water partition coefficient (Wildman–Crippen LogP) is 4.00. The zero-order valence-corrected chi connectivity index (χ0v) is 15.0. The molecule has 5 heteroatoms. The molecule has 0 spiro atoms. The van der Waals surface area contributed by atoms with Gasteiger partial charge in [-0.15, -0.1) is 0 Å². The fourth-order valence-electron chi connectivity index (χ4n) is 3.23. The van der Waals surface area contributed by atoms with E-state index in [1.54, 1.807) is 12.4 Å². The normalized spacial score (nSPS) is 16.8. The molecule has 1 N–H and O–H groups in total. The molecule has 0 radical (unpaired) electrons. The molecule has 0 saturated carbocycles. The quantitative estimate of drug-likeness (QED) is 0.699. The first-order chi connectivity index (χ1) is 13.3. The molecule has 1 aliphatic heterocycles. The molecule has 136 valence electrons. The van der Waals surface area contributed by atoms with Crippen LogP contribution in [0, 0.1) is 0 Å². The Labute approximate surface area is 158 Å². The Morgan fingerprint density at radius 3 is 2.70 bits per heavy atom. The van der Waals surface area contributed by atoms with Crippen LogP contribution in [0.15, 0.2) is 60.9 Å². The maximum atomic E-state index is 12.2. The Morgan fingerprint density at radius 2 is 1.93 bits per heavy atom. The molecular formula is C22H21N3O2. The molecule has 0 bridgehead atoms. The average molecular weight is 359 g/mol. The van der Waals surface area contributed by atoms with Crippen LogP contribution in [0.3, 0.4) is 0 Å². The van der Waals surface area contributed by atoms with Crippen molar-refractivity contribution in [3.05, 3.63) is 72.1 Å². The van der Waals surface area contributed by atoms with E-state index in [0.717, 1.165) is 42.5 Å². The van der Waals surface area contributed by atoms with Crippen LogP contribution in [0.25, 0.3) is 17.1 Å². The Balaban J connectivity index is 1.35. The molecule has 3 aromatic rings. The topological polar surface area (TPSA) is 64.1 Å². The third-order valence-corrected chi connectivity index (χ3v) is 4.63. The summed E-state index contributed by atoms with van der Waals surface area (Å²) in [7, 11) is 0. The van der Waals surface area contributed by atoms with E-state index in [9.17, 15) is 4.79 Å². The number of nitrogens with one attached hydrogen (secondary N) is 1. The number of benzene rings is 2. The van der Waals surface area contributed by atoms with Gasteiger partial charge in [0.2, 0.25) is 5.91 Å². The third kappa shape index (κ3) is 4.57. The van der Waals surface area contributed by atoms with E-state index in [-0.39, 0.29) is 5.91 Å². The fraction of sp³-hybridized carbons (Fsp3) is 0.227. The van der Waals surface area contributed by atoms with Gasteiger partial charge >= 0.3 is 0 Å². The van der Waals surface area contributed by atoms with Crippen molar-refractivity contribution in [1.82, 2.24) is 9.97 Å². The van der Waals surface area contributed by atoms with Crippen molar-refractivity contribution in [3.63, 3.8) is 0 Å². The van der Waals surface area contributed by atoms with Crippen LogP contribution in [0.5, 0.6) is 0 Å². The third-order valence-electron chi connectivity index (χ3n) is 4.63. The smallest absolute Gasteiger partial charge is 0.248 e. The lowest BCUT2D eigenvalue weighted by molar-refractivity contribution is -0.111. The molecule has 2 aromatic carbocycles. The first-order valence-electron chi connectivity index (χ1n) is 9.17. The molecule has 4 rings (SSSR count). The molecule has 1 fully saturated rings. The summed E-state index contributed by atoms with van der Waals surface area (Å²) in [5.74, 6) is -0.179. The van der Waals surface area contributed by atoms with E-state index in [1.165, 1.54) is 11.6 Å². The van der Waals surface area contributed by atoms with E-state index in [1.807, 2.05) is 36.4 Å². The summed E-state index contributed by atoms with van der Waals surface area (Å²) < 4.78 is 5.67. The average Bonchev–Trinajstić information content (AvgIpc) is 3.20. The van der Waals surface area contributed by atoms with E-state index < -0.39 is 0 Å². The monoisotopic (exact) mass is 359 g/mol. The summed E-state index contributed by atoms with van der Waals surface area (Å²) in [6.07, 6.45) is 10.2. The molecule has 2 heterocycles. The summed E-state index contributed by atoms with van der Waals surface area (Å²) >= 11 is 0. The van der Waals surface area contributed by atoms with Crippen LogP contribution >= 0.6 is 0 Å². The van der Waals surface area contributed by atoms with Gasteiger partial charge in [0, 0.05) is 30.8 Å². The second kappa shape index (κ2) is 8.10. The molecule has 1 amide bonds. The second-order valence-electron chi connectivity index (χ2n) is 6.66. The highest BCUT2D eigenvalue weighted by Gasteiger charge is 2.15. The summed E-state index contributed by atoms with van der Waals surface area (Å²) in [5.41, 5.74) is 4.51. The van der Waals surface area contributed by atoms with Crippen LogP contribution < -0.4 is 5.32 Å². The highest BCUT2D eigenvalue weighted by atomic mass is 16.5. The Kier molecular flexibility index (Phi) is 5.21. The highest BCUT2D eigenvalue weighted by molar-refractivity contribution is 6.02. The van der Waals surface area contributed by atoms with E-state index in [4.69, 9.17) is 4.74 Å². The minimum absolute atomic E-state index is 0.179. The SMILES string of the molecule is O=C(C=Cc1ccc(CC2CCCO2)cc1)Nc1ccc2nccnc2c1. The van der Waals surface area contributed by atoms with Crippen LogP contribution in [0.2, 0.25) is 0 Å². The number of amides is 1. The van der Waals surface area contributed by atoms with Crippen molar-refractivity contribution >= 4 is 28.7 Å².